The summed E-state index contributed by atoms with van der Waals surface area (Å²) in [4.78, 5) is 13.6. The minimum Gasteiger partial charge on any atom is -0.311 e. The zero-order valence-corrected chi connectivity index (χ0v) is 9.43. The first-order valence-electron chi connectivity index (χ1n) is 5.27. The molecule has 0 heterocycles. The molecule has 2 aromatic carbocycles. The Balaban J connectivity index is 2.27. The van der Waals surface area contributed by atoms with E-state index in [2.05, 4.69) is 0 Å². The summed E-state index contributed by atoms with van der Waals surface area (Å²) in [7, 11) is 1.67. The van der Waals surface area contributed by atoms with Gasteiger partial charge in [-0.25, -0.2) is 4.39 Å². The van der Waals surface area contributed by atoms with Crippen LogP contribution in [-0.2, 0) is 0 Å². The number of benzene rings is 2. The molecule has 0 unspecified atom stereocenters. The Bertz CT molecular complexity index is 525. The second-order valence-electron chi connectivity index (χ2n) is 3.71. The Labute approximate surface area is 99.3 Å². The van der Waals surface area contributed by atoms with Crippen LogP contribution in [0.4, 0.5) is 10.1 Å². The molecule has 0 bridgehead atoms. The Morgan fingerprint density at radius 1 is 1.06 bits per heavy atom. The lowest BCUT2D eigenvalue weighted by molar-refractivity contribution is 0.0992. The number of carbonyl (C=O) groups is 1. The van der Waals surface area contributed by atoms with Gasteiger partial charge in [0.25, 0.3) is 5.91 Å². The van der Waals surface area contributed by atoms with Gasteiger partial charge in [-0.05, 0) is 30.3 Å². The summed E-state index contributed by atoms with van der Waals surface area (Å²) in [6.07, 6.45) is 0. The number of para-hydroxylation sites is 1. The van der Waals surface area contributed by atoms with Crippen molar-refractivity contribution in [2.75, 3.05) is 11.9 Å². The summed E-state index contributed by atoms with van der Waals surface area (Å²) in [5.41, 5.74) is 1.12. The van der Waals surface area contributed by atoms with Crippen LogP contribution in [0.15, 0.2) is 54.6 Å². The van der Waals surface area contributed by atoms with E-state index in [0.717, 1.165) is 5.69 Å². The van der Waals surface area contributed by atoms with E-state index in [1.807, 2.05) is 30.3 Å². The van der Waals surface area contributed by atoms with Crippen LogP contribution >= 0.6 is 0 Å². The molecule has 2 aromatic rings. The largest absolute Gasteiger partial charge is 0.311 e. The summed E-state index contributed by atoms with van der Waals surface area (Å²) in [5.74, 6) is -0.631. The molecule has 2 nitrogen and oxygen atoms in total. The average molecular weight is 229 g/mol. The van der Waals surface area contributed by atoms with Crippen molar-refractivity contribution in [2.45, 2.75) is 0 Å². The normalized spacial score (nSPS) is 10.0. The highest BCUT2D eigenvalue weighted by molar-refractivity contribution is 6.05. The molecule has 0 radical (unpaired) electrons. The number of nitrogens with zero attached hydrogens (tertiary/aromatic N) is 1. The van der Waals surface area contributed by atoms with E-state index < -0.39 is 5.82 Å². The smallest absolute Gasteiger partial charge is 0.258 e. The molecule has 86 valence electrons. The predicted octanol–water partition coefficient (Wildman–Crippen LogP) is 3.10. The second-order valence-corrected chi connectivity index (χ2v) is 3.71. The van der Waals surface area contributed by atoms with Crippen LogP contribution in [0.2, 0.25) is 0 Å². The molecule has 0 saturated heterocycles. The van der Waals surface area contributed by atoms with Crippen molar-refractivity contribution in [2.24, 2.45) is 0 Å². The van der Waals surface area contributed by atoms with Gasteiger partial charge in [-0.2, -0.15) is 0 Å². The van der Waals surface area contributed by atoms with Gasteiger partial charge in [0, 0.05) is 18.3 Å². The van der Waals surface area contributed by atoms with Crippen molar-refractivity contribution < 1.29 is 9.18 Å². The zero-order chi connectivity index (χ0) is 12.3. The van der Waals surface area contributed by atoms with Crippen molar-refractivity contribution in [1.29, 1.82) is 0 Å². The van der Waals surface area contributed by atoms with Gasteiger partial charge >= 0.3 is 0 Å². The maximum atomic E-state index is 13.0. The third-order valence-corrected chi connectivity index (χ3v) is 2.52. The average Bonchev–Trinajstić information content (AvgIpc) is 2.38. The number of hydrogen-bond donors (Lipinski definition) is 0. The molecule has 0 atom stereocenters. The van der Waals surface area contributed by atoms with E-state index in [1.54, 1.807) is 13.1 Å². The van der Waals surface area contributed by atoms with Gasteiger partial charge in [-0.3, -0.25) is 4.79 Å². The molecule has 3 heteroatoms. The van der Waals surface area contributed by atoms with Crippen LogP contribution in [0, 0.1) is 5.82 Å². The third-order valence-electron chi connectivity index (χ3n) is 2.52. The van der Waals surface area contributed by atoms with Gasteiger partial charge in [-0.15, -0.1) is 0 Å². The molecule has 0 aliphatic rings. The fourth-order valence-electron chi connectivity index (χ4n) is 1.58. The molecule has 1 amide bonds. The summed E-state index contributed by atoms with van der Waals surface area (Å²) < 4.78 is 13.0. The summed E-state index contributed by atoms with van der Waals surface area (Å²) in [6, 6.07) is 14.9. The fraction of sp³-hybridized carbons (Fsp3) is 0.0714. The van der Waals surface area contributed by atoms with Crippen molar-refractivity contribution in [3.63, 3.8) is 0 Å². The van der Waals surface area contributed by atoms with Crippen molar-refractivity contribution in [3.8, 4) is 0 Å². The molecule has 0 aliphatic heterocycles. The number of carbonyl (C=O) groups excluding carboxylic acids is 1. The maximum Gasteiger partial charge on any atom is 0.258 e. The van der Waals surface area contributed by atoms with Crippen LogP contribution in [0.1, 0.15) is 10.4 Å². The number of halogens is 1. The molecule has 0 fully saturated rings. The molecule has 0 spiro atoms. The summed E-state index contributed by atoms with van der Waals surface area (Å²) in [6.45, 7) is 0. The first kappa shape index (κ1) is 11.3. The molecule has 0 saturated carbocycles. The minimum atomic E-state index is -0.405. The highest BCUT2D eigenvalue weighted by Crippen LogP contribution is 2.15. The Hall–Kier alpha value is -2.16. The topological polar surface area (TPSA) is 20.3 Å². The summed E-state index contributed by atoms with van der Waals surface area (Å²) >= 11 is 0. The van der Waals surface area contributed by atoms with E-state index in [-0.39, 0.29) is 5.91 Å². The molecule has 0 aliphatic carbocycles. The molecule has 0 aromatic heterocycles. The highest BCUT2D eigenvalue weighted by Gasteiger charge is 2.13. The third kappa shape index (κ3) is 2.50. The number of hydrogen-bond acceptors (Lipinski definition) is 1. The van der Waals surface area contributed by atoms with E-state index >= 15 is 0 Å². The van der Waals surface area contributed by atoms with Gasteiger partial charge in [0.05, 0.1) is 0 Å². The summed E-state index contributed by atoms with van der Waals surface area (Å²) in [5, 5.41) is 0. The molecule has 17 heavy (non-hydrogen) atoms. The zero-order valence-electron chi connectivity index (χ0n) is 9.43. The van der Waals surface area contributed by atoms with Gasteiger partial charge < -0.3 is 4.90 Å². The SMILES string of the molecule is CN(C(=O)c1cccc(F)c1)c1ccccc1. The van der Waals surface area contributed by atoms with E-state index in [9.17, 15) is 9.18 Å². The molecule has 2 rings (SSSR count). The molecular weight excluding hydrogens is 217 g/mol. The predicted molar refractivity (Wildman–Crippen MR) is 65.6 cm³/mol. The minimum absolute atomic E-state index is 0.226. The Morgan fingerprint density at radius 3 is 2.41 bits per heavy atom. The van der Waals surface area contributed by atoms with Crippen molar-refractivity contribution in [3.05, 3.63) is 66.0 Å². The van der Waals surface area contributed by atoms with Gasteiger partial charge in [0.1, 0.15) is 5.82 Å². The van der Waals surface area contributed by atoms with Crippen LogP contribution in [0.3, 0.4) is 0 Å². The maximum absolute atomic E-state index is 13.0. The quantitative estimate of drug-likeness (QED) is 0.774. The lowest BCUT2D eigenvalue weighted by Gasteiger charge is -2.17. The lowest BCUT2D eigenvalue weighted by atomic mass is 10.2. The highest BCUT2D eigenvalue weighted by atomic mass is 19.1. The van der Waals surface area contributed by atoms with Gasteiger partial charge in [0.2, 0.25) is 0 Å². The first-order chi connectivity index (χ1) is 8.18. The van der Waals surface area contributed by atoms with Crippen molar-refractivity contribution >= 4 is 11.6 Å². The molecule has 0 N–H and O–H groups in total. The number of rotatable bonds is 2. The Kier molecular flexibility index (Phi) is 3.19. The van der Waals surface area contributed by atoms with Gasteiger partial charge in [0.15, 0.2) is 0 Å². The van der Waals surface area contributed by atoms with E-state index in [0.29, 0.717) is 5.56 Å². The first-order valence-corrected chi connectivity index (χ1v) is 5.27. The van der Waals surface area contributed by atoms with Crippen LogP contribution in [-0.4, -0.2) is 13.0 Å². The molecular formula is C14H12FNO. The number of anilines is 1. The second kappa shape index (κ2) is 4.78. The van der Waals surface area contributed by atoms with Crippen LogP contribution in [0.25, 0.3) is 0 Å². The lowest BCUT2D eigenvalue weighted by Crippen LogP contribution is -2.26. The van der Waals surface area contributed by atoms with Gasteiger partial charge in [-0.1, -0.05) is 24.3 Å². The van der Waals surface area contributed by atoms with Crippen molar-refractivity contribution in [1.82, 2.24) is 0 Å². The standard InChI is InChI=1S/C14H12FNO/c1-16(13-8-3-2-4-9-13)14(17)11-6-5-7-12(15)10-11/h2-10H,1H3. The number of amides is 1. The van der Waals surface area contributed by atoms with E-state index in [4.69, 9.17) is 0 Å². The fourth-order valence-corrected chi connectivity index (χ4v) is 1.58. The Morgan fingerprint density at radius 2 is 1.76 bits per heavy atom. The van der Waals surface area contributed by atoms with E-state index in [1.165, 1.54) is 23.1 Å². The van der Waals surface area contributed by atoms with Crippen LogP contribution < -0.4 is 4.90 Å². The monoisotopic (exact) mass is 229 g/mol. The van der Waals surface area contributed by atoms with Crippen LogP contribution in [0.5, 0.6) is 0 Å².